The summed E-state index contributed by atoms with van der Waals surface area (Å²) in [6.45, 7) is 2.01. The van der Waals surface area contributed by atoms with Crippen LogP contribution in [0.4, 0.5) is 17.5 Å². The van der Waals surface area contributed by atoms with E-state index < -0.39 is 0 Å². The molecule has 0 saturated heterocycles. The monoisotopic (exact) mass is 388 g/mol. The Morgan fingerprint density at radius 2 is 1.88 bits per heavy atom. The zero-order valence-corrected chi connectivity index (χ0v) is 15.6. The van der Waals surface area contributed by atoms with Gasteiger partial charge in [-0.25, -0.2) is 9.97 Å². The van der Waals surface area contributed by atoms with E-state index in [0.717, 1.165) is 11.4 Å². The summed E-state index contributed by atoms with van der Waals surface area (Å²) in [4.78, 5) is 8.53. The maximum absolute atomic E-state index is 6.28. The minimum absolute atomic E-state index is 0.0330. The molecular formula is C18H18Cl2N6. The fourth-order valence-electron chi connectivity index (χ4n) is 2.79. The lowest BCUT2D eigenvalue weighted by Gasteiger charge is -2.16. The van der Waals surface area contributed by atoms with Gasteiger partial charge in [-0.3, -0.25) is 5.10 Å². The summed E-state index contributed by atoms with van der Waals surface area (Å²) >= 11 is 12.2. The maximum atomic E-state index is 6.28. The predicted octanol–water partition coefficient (Wildman–Crippen LogP) is 5.30. The fourth-order valence-corrected chi connectivity index (χ4v) is 3.36. The number of nitrogens with one attached hydrogen (secondary N) is 3. The third kappa shape index (κ3) is 3.92. The first-order chi connectivity index (χ1) is 12.6. The van der Waals surface area contributed by atoms with Gasteiger partial charge in [-0.1, -0.05) is 29.3 Å². The SMILES string of the molecule is CC(Nc1cc(Nc2cc(C3CC3)[nH]n2)ncn1)c1ccc(Cl)cc1Cl. The molecule has 26 heavy (non-hydrogen) atoms. The van der Waals surface area contributed by atoms with Gasteiger partial charge < -0.3 is 10.6 Å². The molecule has 1 unspecified atom stereocenters. The summed E-state index contributed by atoms with van der Waals surface area (Å²) in [7, 11) is 0. The molecule has 3 aromatic rings. The van der Waals surface area contributed by atoms with Gasteiger partial charge in [-0.2, -0.15) is 5.10 Å². The zero-order valence-electron chi connectivity index (χ0n) is 14.1. The maximum Gasteiger partial charge on any atom is 0.153 e. The molecule has 0 amide bonds. The van der Waals surface area contributed by atoms with Gasteiger partial charge in [0.05, 0.1) is 6.04 Å². The van der Waals surface area contributed by atoms with E-state index in [1.54, 1.807) is 6.07 Å². The third-order valence-electron chi connectivity index (χ3n) is 4.33. The molecule has 1 atom stereocenters. The highest BCUT2D eigenvalue weighted by atomic mass is 35.5. The predicted molar refractivity (Wildman–Crippen MR) is 104 cm³/mol. The number of hydrogen-bond donors (Lipinski definition) is 3. The molecule has 1 saturated carbocycles. The molecule has 2 aromatic heterocycles. The van der Waals surface area contributed by atoms with Crippen LogP contribution in [-0.4, -0.2) is 20.2 Å². The van der Waals surface area contributed by atoms with Crippen LogP contribution in [0.15, 0.2) is 36.7 Å². The Labute approximate surface area is 161 Å². The number of hydrogen-bond acceptors (Lipinski definition) is 5. The van der Waals surface area contributed by atoms with E-state index in [1.807, 2.05) is 31.2 Å². The second-order valence-corrected chi connectivity index (χ2v) is 7.27. The first kappa shape index (κ1) is 17.1. The Bertz CT molecular complexity index is 922. The summed E-state index contributed by atoms with van der Waals surface area (Å²) in [5, 5.41) is 15.1. The van der Waals surface area contributed by atoms with Gasteiger partial charge >= 0.3 is 0 Å². The van der Waals surface area contributed by atoms with Gasteiger partial charge in [0, 0.05) is 33.8 Å². The minimum atomic E-state index is -0.0330. The summed E-state index contributed by atoms with van der Waals surface area (Å²) in [5.74, 6) is 2.75. The van der Waals surface area contributed by atoms with Crippen molar-refractivity contribution in [2.75, 3.05) is 10.6 Å². The van der Waals surface area contributed by atoms with Crippen molar-refractivity contribution in [3.8, 4) is 0 Å². The molecule has 3 N–H and O–H groups in total. The highest BCUT2D eigenvalue weighted by Crippen LogP contribution is 2.39. The normalized spacial score (nSPS) is 14.9. The van der Waals surface area contributed by atoms with Gasteiger partial charge in [0.2, 0.25) is 0 Å². The zero-order chi connectivity index (χ0) is 18.1. The van der Waals surface area contributed by atoms with Crippen molar-refractivity contribution in [2.24, 2.45) is 0 Å². The van der Waals surface area contributed by atoms with Crippen LogP contribution in [0.5, 0.6) is 0 Å². The summed E-state index contributed by atoms with van der Waals surface area (Å²) in [6.07, 6.45) is 3.97. The molecule has 2 heterocycles. The van der Waals surface area contributed by atoms with Crippen LogP contribution in [-0.2, 0) is 0 Å². The van der Waals surface area contributed by atoms with E-state index in [1.165, 1.54) is 24.9 Å². The minimum Gasteiger partial charge on any atom is -0.363 e. The third-order valence-corrected chi connectivity index (χ3v) is 4.89. The van der Waals surface area contributed by atoms with Crippen molar-refractivity contribution < 1.29 is 0 Å². The van der Waals surface area contributed by atoms with Gasteiger partial charge in [0.15, 0.2) is 5.82 Å². The van der Waals surface area contributed by atoms with E-state index >= 15 is 0 Å². The number of benzene rings is 1. The van der Waals surface area contributed by atoms with Gasteiger partial charge in [-0.15, -0.1) is 0 Å². The Balaban J connectivity index is 1.46. The van der Waals surface area contributed by atoms with Crippen molar-refractivity contribution in [1.29, 1.82) is 0 Å². The Hall–Kier alpha value is -2.31. The van der Waals surface area contributed by atoms with Crippen molar-refractivity contribution >= 4 is 40.7 Å². The smallest absolute Gasteiger partial charge is 0.153 e. The number of aromatic amines is 1. The van der Waals surface area contributed by atoms with Crippen LogP contribution in [0.1, 0.15) is 43.0 Å². The molecular weight excluding hydrogens is 371 g/mol. The van der Waals surface area contributed by atoms with E-state index in [9.17, 15) is 0 Å². The molecule has 4 rings (SSSR count). The molecule has 0 spiro atoms. The highest BCUT2D eigenvalue weighted by Gasteiger charge is 2.25. The first-order valence-electron chi connectivity index (χ1n) is 8.44. The second-order valence-electron chi connectivity index (χ2n) is 6.43. The van der Waals surface area contributed by atoms with E-state index in [2.05, 4.69) is 30.8 Å². The number of H-pyrrole nitrogens is 1. The molecule has 0 aliphatic heterocycles. The molecule has 6 nitrogen and oxygen atoms in total. The number of nitrogens with zero attached hydrogens (tertiary/aromatic N) is 3. The van der Waals surface area contributed by atoms with Crippen LogP contribution >= 0.6 is 23.2 Å². The van der Waals surface area contributed by atoms with E-state index in [-0.39, 0.29) is 6.04 Å². The molecule has 0 radical (unpaired) electrons. The van der Waals surface area contributed by atoms with Crippen molar-refractivity contribution in [3.63, 3.8) is 0 Å². The molecule has 0 bridgehead atoms. The van der Waals surface area contributed by atoms with Crippen LogP contribution in [0, 0.1) is 0 Å². The first-order valence-corrected chi connectivity index (χ1v) is 9.20. The Morgan fingerprint density at radius 1 is 1.08 bits per heavy atom. The fraction of sp³-hybridized carbons (Fsp3) is 0.278. The van der Waals surface area contributed by atoms with E-state index in [4.69, 9.17) is 23.2 Å². The van der Waals surface area contributed by atoms with Crippen LogP contribution in [0.3, 0.4) is 0 Å². The number of halogens is 2. The average molecular weight is 389 g/mol. The lowest BCUT2D eigenvalue weighted by atomic mass is 10.1. The average Bonchev–Trinajstić information content (AvgIpc) is 3.35. The van der Waals surface area contributed by atoms with Gasteiger partial charge in [0.25, 0.3) is 0 Å². The molecule has 134 valence electrons. The quantitative estimate of drug-likeness (QED) is 0.533. The van der Waals surface area contributed by atoms with Crippen molar-refractivity contribution in [2.45, 2.75) is 31.7 Å². The molecule has 1 aromatic carbocycles. The molecule has 1 aliphatic carbocycles. The standard InChI is InChI=1S/C18H18Cl2N6/c1-10(13-5-4-12(19)6-14(13)20)23-16-8-17(22-9-21-16)24-18-7-15(25-26-18)11-2-3-11/h4-11H,2-3H2,1H3,(H3,21,22,23,24,25,26). The van der Waals surface area contributed by atoms with Gasteiger partial charge in [-0.05, 0) is 37.5 Å². The summed E-state index contributed by atoms with van der Waals surface area (Å²) in [5.41, 5.74) is 2.12. The lowest BCUT2D eigenvalue weighted by Crippen LogP contribution is -2.09. The van der Waals surface area contributed by atoms with Crippen molar-refractivity contribution in [3.05, 3.63) is 58.0 Å². The highest BCUT2D eigenvalue weighted by molar-refractivity contribution is 6.35. The van der Waals surface area contributed by atoms with Crippen LogP contribution in [0.2, 0.25) is 10.0 Å². The van der Waals surface area contributed by atoms with Crippen LogP contribution in [0.25, 0.3) is 0 Å². The molecule has 8 heteroatoms. The molecule has 1 fully saturated rings. The Morgan fingerprint density at radius 3 is 2.65 bits per heavy atom. The number of rotatable bonds is 6. The van der Waals surface area contributed by atoms with E-state index in [0.29, 0.717) is 27.6 Å². The lowest BCUT2D eigenvalue weighted by molar-refractivity contribution is 0.872. The molecule has 1 aliphatic rings. The van der Waals surface area contributed by atoms with Gasteiger partial charge in [0.1, 0.15) is 18.0 Å². The number of aromatic nitrogens is 4. The summed E-state index contributed by atoms with van der Waals surface area (Å²) in [6, 6.07) is 9.30. The topological polar surface area (TPSA) is 78.5 Å². The Kier molecular flexibility index (Phi) is 4.70. The van der Waals surface area contributed by atoms with Crippen molar-refractivity contribution in [1.82, 2.24) is 20.2 Å². The summed E-state index contributed by atoms with van der Waals surface area (Å²) < 4.78 is 0. The van der Waals surface area contributed by atoms with Crippen LogP contribution < -0.4 is 10.6 Å². The second kappa shape index (κ2) is 7.13. The number of anilines is 3. The largest absolute Gasteiger partial charge is 0.363 e.